The summed E-state index contributed by atoms with van der Waals surface area (Å²) in [6.07, 6.45) is 0.695. The molecular formula is C13H14F3N2O2S. The second-order valence-corrected chi connectivity index (χ2v) is 5.16. The van der Waals surface area contributed by atoms with Crippen LogP contribution < -0.4 is 5.32 Å². The van der Waals surface area contributed by atoms with Gasteiger partial charge in [0.15, 0.2) is 0 Å². The van der Waals surface area contributed by atoms with E-state index in [1.54, 1.807) is 18.3 Å². The van der Waals surface area contributed by atoms with Crippen molar-refractivity contribution < 1.29 is 22.8 Å². The SMILES string of the molecule is O=C([CH]CCCSCC(=O)C(F)(F)F)Nc1cccnc1. The Morgan fingerprint density at radius 1 is 1.38 bits per heavy atom. The summed E-state index contributed by atoms with van der Waals surface area (Å²) in [7, 11) is 0. The van der Waals surface area contributed by atoms with Crippen molar-refractivity contribution in [3.63, 3.8) is 0 Å². The van der Waals surface area contributed by atoms with Crippen molar-refractivity contribution in [2.24, 2.45) is 0 Å². The van der Waals surface area contributed by atoms with Crippen LogP contribution in [0.15, 0.2) is 24.5 Å². The molecule has 4 nitrogen and oxygen atoms in total. The molecule has 0 saturated heterocycles. The van der Waals surface area contributed by atoms with E-state index in [-0.39, 0.29) is 5.91 Å². The molecule has 0 fully saturated rings. The summed E-state index contributed by atoms with van der Waals surface area (Å²) in [6.45, 7) is 0. The molecule has 0 saturated carbocycles. The number of pyridine rings is 1. The summed E-state index contributed by atoms with van der Waals surface area (Å²) in [4.78, 5) is 25.9. The highest BCUT2D eigenvalue weighted by Crippen LogP contribution is 2.19. The van der Waals surface area contributed by atoms with E-state index in [0.717, 1.165) is 11.8 Å². The van der Waals surface area contributed by atoms with Crippen molar-refractivity contribution in [1.29, 1.82) is 0 Å². The van der Waals surface area contributed by atoms with E-state index < -0.39 is 17.7 Å². The molecule has 1 rings (SSSR count). The third kappa shape index (κ3) is 7.69. The number of anilines is 1. The number of alkyl halides is 3. The molecule has 0 aliphatic heterocycles. The van der Waals surface area contributed by atoms with Crippen molar-refractivity contribution in [1.82, 2.24) is 4.98 Å². The molecule has 1 amide bonds. The van der Waals surface area contributed by atoms with Gasteiger partial charge in [-0.2, -0.15) is 24.9 Å². The molecule has 1 radical (unpaired) electrons. The van der Waals surface area contributed by atoms with Gasteiger partial charge in [0.1, 0.15) is 0 Å². The standard InChI is InChI=1S/C13H14F3N2O2S/c14-13(15,16)11(19)9-21-7-2-1-5-12(20)18-10-4-3-6-17-8-10/h3-6,8H,1-2,7,9H2,(H,18,20). The van der Waals surface area contributed by atoms with Crippen LogP contribution in [0.1, 0.15) is 12.8 Å². The Morgan fingerprint density at radius 2 is 2.14 bits per heavy atom. The normalized spacial score (nSPS) is 11.2. The second kappa shape index (κ2) is 8.66. The molecule has 8 heteroatoms. The predicted molar refractivity (Wildman–Crippen MR) is 74.8 cm³/mol. The van der Waals surface area contributed by atoms with Gasteiger partial charge in [-0.1, -0.05) is 0 Å². The van der Waals surface area contributed by atoms with E-state index in [1.165, 1.54) is 12.6 Å². The van der Waals surface area contributed by atoms with Gasteiger partial charge >= 0.3 is 6.18 Å². The molecule has 0 aliphatic rings. The number of rotatable bonds is 8. The molecule has 0 bridgehead atoms. The highest BCUT2D eigenvalue weighted by molar-refractivity contribution is 7.99. The van der Waals surface area contributed by atoms with Crippen LogP contribution in [0, 0.1) is 6.42 Å². The number of nitrogens with one attached hydrogen (secondary N) is 1. The molecule has 0 aliphatic carbocycles. The number of halogens is 3. The minimum atomic E-state index is -4.76. The first-order valence-electron chi connectivity index (χ1n) is 6.11. The first-order chi connectivity index (χ1) is 9.89. The van der Waals surface area contributed by atoms with Gasteiger partial charge in [0, 0.05) is 12.6 Å². The lowest BCUT2D eigenvalue weighted by molar-refractivity contribution is -0.167. The van der Waals surface area contributed by atoms with Gasteiger partial charge in [-0.05, 0) is 30.7 Å². The Hall–Kier alpha value is -1.57. The fraction of sp³-hybridized carbons (Fsp3) is 0.385. The second-order valence-electron chi connectivity index (χ2n) is 4.05. The van der Waals surface area contributed by atoms with Crippen molar-refractivity contribution in [2.45, 2.75) is 19.0 Å². The van der Waals surface area contributed by atoms with Crippen molar-refractivity contribution in [3.8, 4) is 0 Å². The number of aromatic nitrogens is 1. The highest BCUT2D eigenvalue weighted by atomic mass is 32.2. The molecule has 1 N–H and O–H groups in total. The average molecular weight is 319 g/mol. The zero-order chi connectivity index (χ0) is 15.7. The molecule has 21 heavy (non-hydrogen) atoms. The third-order valence-electron chi connectivity index (χ3n) is 2.30. The van der Waals surface area contributed by atoms with Crippen molar-refractivity contribution >= 4 is 29.1 Å². The zero-order valence-corrected chi connectivity index (χ0v) is 11.8. The molecule has 115 valence electrons. The largest absolute Gasteiger partial charge is 0.450 e. The number of unbranched alkanes of at least 4 members (excludes halogenated alkanes) is 1. The molecule has 0 atom stereocenters. The number of carbonyl (C=O) groups excluding carboxylic acids is 2. The minimum Gasteiger partial charge on any atom is -0.324 e. The molecule has 1 aromatic heterocycles. The fourth-order valence-electron chi connectivity index (χ4n) is 1.30. The Morgan fingerprint density at radius 3 is 2.76 bits per heavy atom. The lowest BCUT2D eigenvalue weighted by Gasteiger charge is -2.05. The summed E-state index contributed by atoms with van der Waals surface area (Å²) in [5, 5.41) is 2.60. The van der Waals surface area contributed by atoms with Crippen LogP contribution in [0.4, 0.5) is 18.9 Å². The van der Waals surface area contributed by atoms with Crippen LogP contribution >= 0.6 is 11.8 Å². The number of thioether (sulfide) groups is 1. The molecule has 0 unspecified atom stereocenters. The smallest absolute Gasteiger partial charge is 0.324 e. The summed E-state index contributed by atoms with van der Waals surface area (Å²) in [5.41, 5.74) is 0.573. The van der Waals surface area contributed by atoms with Crippen LogP contribution in [0.2, 0.25) is 0 Å². The molecular weight excluding hydrogens is 305 g/mol. The Labute approximate surface area is 124 Å². The molecule has 1 aromatic rings. The fourth-order valence-corrected chi connectivity index (χ4v) is 2.16. The minimum absolute atomic E-state index is 0.292. The van der Waals surface area contributed by atoms with Gasteiger partial charge < -0.3 is 5.32 Å². The molecule has 1 heterocycles. The maximum Gasteiger partial charge on any atom is 0.450 e. The maximum atomic E-state index is 11.9. The first-order valence-corrected chi connectivity index (χ1v) is 7.27. The number of Topliss-reactive ketones (excluding diaryl/α,β-unsaturated/α-hetero) is 1. The molecule has 0 spiro atoms. The number of nitrogens with zero attached hydrogens (tertiary/aromatic N) is 1. The average Bonchev–Trinajstić information content (AvgIpc) is 2.42. The van der Waals surface area contributed by atoms with Crippen LogP contribution in [0.3, 0.4) is 0 Å². The van der Waals surface area contributed by atoms with Crippen LogP contribution in [-0.2, 0) is 9.59 Å². The highest BCUT2D eigenvalue weighted by Gasteiger charge is 2.37. The Kier molecular flexibility index (Phi) is 7.21. The quantitative estimate of drug-likeness (QED) is 0.749. The van der Waals surface area contributed by atoms with E-state index in [4.69, 9.17) is 0 Å². The summed E-state index contributed by atoms with van der Waals surface area (Å²) >= 11 is 0.913. The van der Waals surface area contributed by atoms with E-state index in [9.17, 15) is 22.8 Å². The van der Waals surface area contributed by atoms with Crippen LogP contribution in [-0.4, -0.2) is 34.4 Å². The zero-order valence-electron chi connectivity index (χ0n) is 11.0. The number of ketones is 1. The first kappa shape index (κ1) is 17.5. The molecule has 0 aromatic carbocycles. The van der Waals surface area contributed by atoms with E-state index in [0.29, 0.717) is 24.3 Å². The van der Waals surface area contributed by atoms with E-state index >= 15 is 0 Å². The van der Waals surface area contributed by atoms with E-state index in [2.05, 4.69) is 10.3 Å². The van der Waals surface area contributed by atoms with Crippen molar-refractivity contribution in [3.05, 3.63) is 30.9 Å². The third-order valence-corrected chi connectivity index (χ3v) is 3.34. The maximum absolute atomic E-state index is 11.9. The summed E-state index contributed by atoms with van der Waals surface area (Å²) < 4.78 is 35.7. The van der Waals surface area contributed by atoms with Gasteiger partial charge in [0.25, 0.3) is 0 Å². The monoisotopic (exact) mass is 319 g/mol. The number of hydrogen-bond donors (Lipinski definition) is 1. The predicted octanol–water partition coefficient (Wildman–Crippen LogP) is 2.87. The Bertz CT molecular complexity index is 466. The topological polar surface area (TPSA) is 59.1 Å². The van der Waals surface area contributed by atoms with Gasteiger partial charge in [0.05, 0.1) is 17.6 Å². The van der Waals surface area contributed by atoms with Gasteiger partial charge in [-0.25, -0.2) is 0 Å². The van der Waals surface area contributed by atoms with Gasteiger partial charge in [0.2, 0.25) is 11.7 Å². The summed E-state index contributed by atoms with van der Waals surface area (Å²) in [5.74, 6) is -2.21. The number of carbonyl (C=O) groups is 2. The van der Waals surface area contributed by atoms with Crippen molar-refractivity contribution in [2.75, 3.05) is 16.8 Å². The Balaban J connectivity index is 2.07. The lowest BCUT2D eigenvalue weighted by atomic mass is 10.2. The number of hydrogen-bond acceptors (Lipinski definition) is 4. The van der Waals surface area contributed by atoms with Crippen LogP contribution in [0.5, 0.6) is 0 Å². The summed E-state index contributed by atoms with van der Waals surface area (Å²) in [6, 6.07) is 3.38. The van der Waals surface area contributed by atoms with Gasteiger partial charge in [-0.15, -0.1) is 0 Å². The number of amides is 1. The lowest BCUT2D eigenvalue weighted by Crippen LogP contribution is -2.24. The van der Waals surface area contributed by atoms with E-state index in [1.807, 2.05) is 0 Å². The van der Waals surface area contributed by atoms with Crippen LogP contribution in [0.25, 0.3) is 0 Å². The van der Waals surface area contributed by atoms with Gasteiger partial charge in [-0.3, -0.25) is 14.6 Å².